The fraction of sp³-hybridized carbons (Fsp3) is 0.519. The second-order valence-electron chi connectivity index (χ2n) is 9.76. The second-order valence-corrected chi connectivity index (χ2v) is 10.2. The van der Waals surface area contributed by atoms with Gasteiger partial charge in [0.1, 0.15) is 0 Å². The molecule has 2 saturated heterocycles. The van der Waals surface area contributed by atoms with Crippen molar-refractivity contribution in [2.45, 2.75) is 40.5 Å². The Hall–Kier alpha value is -2.44. The third kappa shape index (κ3) is 5.13. The molecule has 2 atom stereocenters. The lowest BCUT2D eigenvalue weighted by atomic mass is 10.0. The topological polar surface area (TPSA) is 56.8 Å². The number of carbonyl (C=O) groups is 2. The summed E-state index contributed by atoms with van der Waals surface area (Å²) in [5.74, 6) is 1.28. The summed E-state index contributed by atoms with van der Waals surface area (Å²) in [5.41, 5.74) is 4.45. The van der Waals surface area contributed by atoms with E-state index in [0.29, 0.717) is 29.8 Å². The number of pyridine rings is 1. The zero-order chi connectivity index (χ0) is 24.4. The Morgan fingerprint density at radius 1 is 1.06 bits per heavy atom. The molecule has 1 aromatic carbocycles. The van der Waals surface area contributed by atoms with Gasteiger partial charge in [-0.1, -0.05) is 24.6 Å². The molecule has 2 unspecified atom stereocenters. The Kier molecular flexibility index (Phi) is 7.58. The van der Waals surface area contributed by atoms with Crippen molar-refractivity contribution in [3.8, 4) is 0 Å². The number of aromatic nitrogens is 1. The number of hydrogen-bond acceptors (Lipinski definition) is 4. The summed E-state index contributed by atoms with van der Waals surface area (Å²) in [4.78, 5) is 36.4. The Morgan fingerprint density at radius 3 is 2.38 bits per heavy atom. The maximum Gasteiger partial charge on any atom is 0.255 e. The molecule has 0 bridgehead atoms. The van der Waals surface area contributed by atoms with Crippen molar-refractivity contribution in [2.75, 3.05) is 44.2 Å². The van der Waals surface area contributed by atoms with Crippen molar-refractivity contribution in [3.05, 3.63) is 57.9 Å². The van der Waals surface area contributed by atoms with Gasteiger partial charge in [0.2, 0.25) is 5.91 Å². The van der Waals surface area contributed by atoms with E-state index < -0.39 is 0 Å². The summed E-state index contributed by atoms with van der Waals surface area (Å²) >= 11 is 6.31. The summed E-state index contributed by atoms with van der Waals surface area (Å²) in [5, 5.41) is 0.689. The van der Waals surface area contributed by atoms with Gasteiger partial charge in [-0.15, -0.1) is 0 Å². The number of fused-ring (bicyclic) bond motifs is 1. The molecule has 2 aliphatic heterocycles. The standard InChI is InChI=1S/C27H35ClN4O2/c1-5-25(33)32(23-8-7-18(2)24(28)13-23)12-6-11-30-14-21-16-31(17-22(21)15-30)27(34)26-19(3)9-10-29-20(26)4/h7-10,13,21-22H,5-6,11-12,14-17H2,1-4H3. The third-order valence-electron chi connectivity index (χ3n) is 7.34. The van der Waals surface area contributed by atoms with E-state index >= 15 is 0 Å². The van der Waals surface area contributed by atoms with E-state index in [2.05, 4.69) is 9.88 Å². The first-order valence-corrected chi connectivity index (χ1v) is 12.7. The first-order valence-electron chi connectivity index (χ1n) is 12.3. The minimum absolute atomic E-state index is 0.119. The molecule has 34 heavy (non-hydrogen) atoms. The van der Waals surface area contributed by atoms with Crippen LogP contribution in [0.25, 0.3) is 0 Å². The molecule has 2 aromatic rings. The molecule has 6 nitrogen and oxygen atoms in total. The smallest absolute Gasteiger partial charge is 0.255 e. The molecule has 0 aliphatic carbocycles. The number of benzene rings is 1. The van der Waals surface area contributed by atoms with Gasteiger partial charge < -0.3 is 14.7 Å². The van der Waals surface area contributed by atoms with Gasteiger partial charge >= 0.3 is 0 Å². The predicted octanol–water partition coefficient (Wildman–Crippen LogP) is 4.50. The van der Waals surface area contributed by atoms with Crippen molar-refractivity contribution in [1.29, 1.82) is 0 Å². The van der Waals surface area contributed by atoms with Gasteiger partial charge in [-0.3, -0.25) is 14.6 Å². The fourth-order valence-corrected chi connectivity index (χ4v) is 5.58. The van der Waals surface area contributed by atoms with E-state index in [4.69, 9.17) is 11.6 Å². The Morgan fingerprint density at radius 2 is 1.76 bits per heavy atom. The summed E-state index contributed by atoms with van der Waals surface area (Å²) in [6.07, 6.45) is 3.15. The molecule has 0 N–H and O–H groups in total. The van der Waals surface area contributed by atoms with Gasteiger partial charge in [-0.25, -0.2) is 0 Å². The van der Waals surface area contributed by atoms with Crippen LogP contribution in [-0.2, 0) is 4.79 Å². The highest BCUT2D eigenvalue weighted by Gasteiger charge is 2.41. The number of halogens is 1. The van der Waals surface area contributed by atoms with Crippen molar-refractivity contribution in [2.24, 2.45) is 11.8 Å². The highest BCUT2D eigenvalue weighted by atomic mass is 35.5. The number of hydrogen-bond donors (Lipinski definition) is 0. The number of anilines is 1. The van der Waals surface area contributed by atoms with E-state index in [0.717, 1.165) is 67.2 Å². The van der Waals surface area contributed by atoms with Crippen LogP contribution in [0.2, 0.25) is 5.02 Å². The highest BCUT2D eigenvalue weighted by Crippen LogP contribution is 2.32. The Balaban J connectivity index is 1.30. The first kappa shape index (κ1) is 24.7. The van der Waals surface area contributed by atoms with Gasteiger partial charge in [-0.05, 0) is 74.9 Å². The van der Waals surface area contributed by atoms with Gasteiger partial charge in [0.25, 0.3) is 5.91 Å². The number of likely N-dealkylation sites (tertiary alicyclic amines) is 2. The Bertz CT molecular complexity index is 1040. The number of nitrogens with zero attached hydrogens (tertiary/aromatic N) is 4. The average Bonchev–Trinajstić information content (AvgIpc) is 3.37. The second kappa shape index (κ2) is 10.4. The molecule has 0 radical (unpaired) electrons. The van der Waals surface area contributed by atoms with Gasteiger partial charge in [-0.2, -0.15) is 0 Å². The summed E-state index contributed by atoms with van der Waals surface area (Å²) < 4.78 is 0. The SMILES string of the molecule is CCC(=O)N(CCCN1CC2CN(C(=O)c3c(C)ccnc3C)CC2C1)c1ccc(C)c(Cl)c1. The molecule has 3 heterocycles. The van der Waals surface area contributed by atoms with E-state index in [9.17, 15) is 9.59 Å². The zero-order valence-electron chi connectivity index (χ0n) is 20.7. The summed E-state index contributed by atoms with van der Waals surface area (Å²) in [6, 6.07) is 7.75. The molecule has 4 rings (SSSR count). The molecule has 1 aromatic heterocycles. The monoisotopic (exact) mass is 482 g/mol. The summed E-state index contributed by atoms with van der Waals surface area (Å²) in [7, 11) is 0. The molecule has 2 fully saturated rings. The largest absolute Gasteiger partial charge is 0.338 e. The van der Waals surface area contributed by atoms with Crippen LogP contribution in [-0.4, -0.2) is 65.9 Å². The number of aryl methyl sites for hydroxylation is 3. The third-order valence-corrected chi connectivity index (χ3v) is 7.75. The van der Waals surface area contributed by atoms with Crippen molar-refractivity contribution < 1.29 is 9.59 Å². The van der Waals surface area contributed by atoms with Crippen molar-refractivity contribution in [1.82, 2.24) is 14.8 Å². The zero-order valence-corrected chi connectivity index (χ0v) is 21.4. The van der Waals surface area contributed by atoms with Crippen molar-refractivity contribution in [3.63, 3.8) is 0 Å². The van der Waals surface area contributed by atoms with Crippen LogP contribution in [0.5, 0.6) is 0 Å². The average molecular weight is 483 g/mol. The molecule has 2 aliphatic rings. The first-order chi connectivity index (χ1) is 16.3. The van der Waals surface area contributed by atoms with Gasteiger partial charge in [0, 0.05) is 56.1 Å². The van der Waals surface area contributed by atoms with Crippen molar-refractivity contribution >= 4 is 29.1 Å². The summed E-state index contributed by atoms with van der Waals surface area (Å²) in [6.45, 7) is 13.1. The molecule has 0 saturated carbocycles. The quantitative estimate of drug-likeness (QED) is 0.583. The van der Waals surface area contributed by atoms with E-state index in [-0.39, 0.29) is 11.8 Å². The minimum Gasteiger partial charge on any atom is -0.338 e. The van der Waals surface area contributed by atoms with Crippen LogP contribution in [0.1, 0.15) is 46.9 Å². The highest BCUT2D eigenvalue weighted by molar-refractivity contribution is 6.31. The van der Waals surface area contributed by atoms with Crippen LogP contribution in [0.15, 0.2) is 30.5 Å². The lowest BCUT2D eigenvalue weighted by Gasteiger charge is -2.25. The predicted molar refractivity (Wildman–Crippen MR) is 136 cm³/mol. The van der Waals surface area contributed by atoms with Crippen LogP contribution in [0.3, 0.4) is 0 Å². The fourth-order valence-electron chi connectivity index (χ4n) is 5.41. The van der Waals surface area contributed by atoms with E-state index in [1.807, 2.05) is 61.8 Å². The Labute approximate surface area is 207 Å². The molecular weight excluding hydrogens is 448 g/mol. The number of rotatable bonds is 7. The number of carbonyl (C=O) groups excluding carboxylic acids is 2. The van der Waals surface area contributed by atoms with Crippen LogP contribution in [0.4, 0.5) is 5.69 Å². The normalized spacial score (nSPS) is 20.0. The van der Waals surface area contributed by atoms with Gasteiger partial charge in [0.05, 0.1) is 11.3 Å². The van der Waals surface area contributed by atoms with Crippen LogP contribution in [0, 0.1) is 32.6 Å². The maximum absolute atomic E-state index is 13.1. The lowest BCUT2D eigenvalue weighted by Crippen LogP contribution is -2.36. The lowest BCUT2D eigenvalue weighted by molar-refractivity contribution is -0.118. The van der Waals surface area contributed by atoms with E-state index in [1.54, 1.807) is 6.20 Å². The molecule has 2 amide bonds. The molecular formula is C27H35ClN4O2. The molecule has 0 spiro atoms. The van der Waals surface area contributed by atoms with Crippen LogP contribution >= 0.6 is 11.6 Å². The van der Waals surface area contributed by atoms with Gasteiger partial charge in [0.15, 0.2) is 0 Å². The van der Waals surface area contributed by atoms with E-state index in [1.165, 1.54) is 0 Å². The van der Waals surface area contributed by atoms with Crippen LogP contribution < -0.4 is 4.90 Å². The maximum atomic E-state index is 13.1. The molecule has 182 valence electrons. The number of amides is 2. The molecule has 7 heteroatoms. The minimum atomic E-state index is 0.119.